The first-order valence-corrected chi connectivity index (χ1v) is 10.6. The highest BCUT2D eigenvalue weighted by atomic mass is 16.6. The molecule has 1 aliphatic carbocycles. The lowest BCUT2D eigenvalue weighted by Gasteiger charge is -2.39. The van der Waals surface area contributed by atoms with Gasteiger partial charge in [-0.05, 0) is 49.3 Å². The van der Waals surface area contributed by atoms with Gasteiger partial charge in [0.1, 0.15) is 18.3 Å². The van der Waals surface area contributed by atoms with Gasteiger partial charge in [0.05, 0.1) is 6.10 Å². The van der Waals surface area contributed by atoms with Crippen molar-refractivity contribution in [2.24, 2.45) is 16.3 Å². The van der Waals surface area contributed by atoms with Crippen LogP contribution in [-0.2, 0) is 19.1 Å². The summed E-state index contributed by atoms with van der Waals surface area (Å²) in [4.78, 5) is 31.1. The third kappa shape index (κ3) is 4.06. The smallest absolute Gasteiger partial charge is 0.315 e. The van der Waals surface area contributed by atoms with Crippen molar-refractivity contribution in [2.75, 3.05) is 13.2 Å². The number of hydrogen-bond donors (Lipinski definition) is 1. The zero-order valence-corrected chi connectivity index (χ0v) is 17.8. The second-order valence-corrected chi connectivity index (χ2v) is 9.37. The second kappa shape index (κ2) is 7.99. The number of phenolic OH excluding ortho intramolecular Hbond substituents is 1. The normalized spacial score (nSPS) is 28.2. The molecule has 0 spiro atoms. The van der Waals surface area contributed by atoms with Crippen molar-refractivity contribution in [1.29, 1.82) is 0 Å². The summed E-state index contributed by atoms with van der Waals surface area (Å²) in [6.07, 6.45) is 2.91. The minimum atomic E-state index is -0.667. The third-order valence-electron chi connectivity index (χ3n) is 6.24. The number of nitrogens with zero attached hydrogens (tertiary/aromatic N) is 1. The van der Waals surface area contributed by atoms with Gasteiger partial charge < -0.3 is 14.6 Å². The van der Waals surface area contributed by atoms with Gasteiger partial charge in [0.25, 0.3) is 0 Å². The standard InChI is InChI=1S/C24H29NO5/c1-14-20(23(28)30-13-17-5-4-10-29-17)21(15-6-8-16(26)9-7-15)22-18(25-14)11-24(2,3)12-19(22)27/h6-9,17,20-21,26H,4-5,10-13H2,1-3H3/t17-,20?,21+/m1/s1. The Balaban J connectivity index is 1.70. The number of aromatic hydroxyl groups is 1. The van der Waals surface area contributed by atoms with Gasteiger partial charge in [-0.25, -0.2) is 0 Å². The van der Waals surface area contributed by atoms with E-state index >= 15 is 0 Å². The molecule has 6 nitrogen and oxygen atoms in total. The second-order valence-electron chi connectivity index (χ2n) is 9.37. The van der Waals surface area contributed by atoms with Crippen molar-refractivity contribution < 1.29 is 24.2 Å². The number of carbonyl (C=O) groups excluding carboxylic acids is 2. The quantitative estimate of drug-likeness (QED) is 0.759. The number of allylic oxidation sites excluding steroid dienone is 2. The van der Waals surface area contributed by atoms with Crippen LogP contribution in [0, 0.1) is 11.3 Å². The first-order chi connectivity index (χ1) is 14.2. The first-order valence-electron chi connectivity index (χ1n) is 10.6. The fourth-order valence-corrected chi connectivity index (χ4v) is 4.83. The molecule has 2 aliphatic heterocycles. The molecule has 0 bridgehead atoms. The first kappa shape index (κ1) is 20.8. The topological polar surface area (TPSA) is 85.2 Å². The Morgan fingerprint density at radius 2 is 2.00 bits per heavy atom. The number of benzene rings is 1. The Bertz CT molecular complexity index is 906. The highest BCUT2D eigenvalue weighted by Crippen LogP contribution is 2.48. The van der Waals surface area contributed by atoms with E-state index in [0.29, 0.717) is 30.7 Å². The fraction of sp³-hybridized carbons (Fsp3) is 0.542. The third-order valence-corrected chi connectivity index (χ3v) is 6.24. The van der Waals surface area contributed by atoms with Gasteiger partial charge in [0.2, 0.25) is 0 Å². The Morgan fingerprint density at radius 3 is 2.67 bits per heavy atom. The summed E-state index contributed by atoms with van der Waals surface area (Å²) in [6.45, 7) is 6.88. The van der Waals surface area contributed by atoms with Crippen LogP contribution in [0.1, 0.15) is 57.9 Å². The molecule has 1 aromatic carbocycles. The summed E-state index contributed by atoms with van der Waals surface area (Å²) >= 11 is 0. The van der Waals surface area contributed by atoms with Crippen LogP contribution in [0.5, 0.6) is 5.75 Å². The minimum Gasteiger partial charge on any atom is -0.508 e. The van der Waals surface area contributed by atoms with Crippen LogP contribution in [0.25, 0.3) is 0 Å². The Morgan fingerprint density at radius 1 is 1.27 bits per heavy atom. The van der Waals surface area contributed by atoms with Crippen LogP contribution in [0.3, 0.4) is 0 Å². The maximum atomic E-state index is 13.2. The van der Waals surface area contributed by atoms with Crippen molar-refractivity contribution in [3.05, 3.63) is 41.1 Å². The molecule has 6 heteroatoms. The van der Waals surface area contributed by atoms with Crippen molar-refractivity contribution in [1.82, 2.24) is 0 Å². The average Bonchev–Trinajstić information content (AvgIpc) is 3.18. The van der Waals surface area contributed by atoms with Gasteiger partial charge in [-0.15, -0.1) is 0 Å². The van der Waals surface area contributed by atoms with E-state index in [9.17, 15) is 14.7 Å². The Hall–Kier alpha value is -2.47. The van der Waals surface area contributed by atoms with Crippen molar-refractivity contribution in [3.63, 3.8) is 0 Å². The summed E-state index contributed by atoms with van der Waals surface area (Å²) < 4.78 is 11.2. The minimum absolute atomic E-state index is 0.0347. The van der Waals surface area contributed by atoms with Crippen LogP contribution < -0.4 is 0 Å². The lowest BCUT2D eigenvalue weighted by atomic mass is 9.67. The van der Waals surface area contributed by atoms with E-state index in [4.69, 9.17) is 14.5 Å². The zero-order valence-electron chi connectivity index (χ0n) is 17.8. The summed E-state index contributed by atoms with van der Waals surface area (Å²) in [5.74, 6) is -1.33. The number of esters is 1. The molecular weight excluding hydrogens is 382 g/mol. The maximum Gasteiger partial charge on any atom is 0.315 e. The molecule has 0 amide bonds. The molecule has 0 aromatic heterocycles. The summed E-state index contributed by atoms with van der Waals surface area (Å²) in [5.41, 5.74) is 2.70. The van der Waals surface area contributed by atoms with E-state index in [1.165, 1.54) is 0 Å². The molecule has 3 atom stereocenters. The number of Topliss-reactive ketones (excluding diaryl/α,β-unsaturated/α-hetero) is 1. The van der Waals surface area contributed by atoms with E-state index in [1.54, 1.807) is 24.3 Å². The van der Waals surface area contributed by atoms with E-state index < -0.39 is 11.8 Å². The van der Waals surface area contributed by atoms with Gasteiger partial charge in [0.15, 0.2) is 5.78 Å². The molecule has 1 unspecified atom stereocenters. The van der Waals surface area contributed by atoms with Crippen LogP contribution in [0.2, 0.25) is 0 Å². The van der Waals surface area contributed by atoms with Crippen LogP contribution >= 0.6 is 0 Å². The lowest BCUT2D eigenvalue weighted by molar-refractivity contribution is -0.149. The number of ether oxygens (including phenoxy) is 2. The highest BCUT2D eigenvalue weighted by Gasteiger charge is 2.46. The predicted molar refractivity (Wildman–Crippen MR) is 112 cm³/mol. The number of aliphatic imine (C=N–C) groups is 1. The van der Waals surface area contributed by atoms with Crippen LogP contribution in [0.4, 0.5) is 0 Å². The molecule has 0 radical (unpaired) electrons. The molecule has 1 aromatic rings. The highest BCUT2D eigenvalue weighted by molar-refractivity contribution is 6.09. The Labute approximate surface area is 177 Å². The lowest BCUT2D eigenvalue weighted by Crippen LogP contribution is -2.40. The molecule has 160 valence electrons. The van der Waals surface area contributed by atoms with Gasteiger partial charge in [0, 0.05) is 35.9 Å². The van der Waals surface area contributed by atoms with Gasteiger partial charge in [-0.2, -0.15) is 0 Å². The van der Waals surface area contributed by atoms with Gasteiger partial charge >= 0.3 is 5.97 Å². The zero-order chi connectivity index (χ0) is 21.5. The van der Waals surface area contributed by atoms with E-state index in [1.807, 2.05) is 6.92 Å². The monoisotopic (exact) mass is 411 g/mol. The molecule has 2 heterocycles. The van der Waals surface area contributed by atoms with Crippen LogP contribution in [0.15, 0.2) is 40.5 Å². The molecule has 1 N–H and O–H groups in total. The van der Waals surface area contributed by atoms with Gasteiger partial charge in [-0.3, -0.25) is 14.6 Å². The molecule has 1 fully saturated rings. The predicted octanol–water partition coefficient (Wildman–Crippen LogP) is 3.93. The fourth-order valence-electron chi connectivity index (χ4n) is 4.83. The molecule has 3 aliphatic rings. The summed E-state index contributed by atoms with van der Waals surface area (Å²) in [7, 11) is 0. The SMILES string of the molecule is CC1=NC2=C(C(=O)CC(C)(C)C2)[C@@H](c2ccc(O)cc2)C1C(=O)OC[C@H]1CCCO1. The molecule has 30 heavy (non-hydrogen) atoms. The largest absolute Gasteiger partial charge is 0.508 e. The van der Waals surface area contributed by atoms with Crippen molar-refractivity contribution in [2.45, 2.75) is 58.5 Å². The molecular formula is C24H29NO5. The number of rotatable bonds is 4. The molecule has 4 rings (SSSR count). The summed E-state index contributed by atoms with van der Waals surface area (Å²) in [6, 6.07) is 6.72. The number of phenols is 1. The molecule has 1 saturated heterocycles. The average molecular weight is 411 g/mol. The van der Waals surface area contributed by atoms with Gasteiger partial charge in [-0.1, -0.05) is 26.0 Å². The van der Waals surface area contributed by atoms with Crippen molar-refractivity contribution in [3.8, 4) is 5.75 Å². The van der Waals surface area contributed by atoms with Crippen LogP contribution in [-0.4, -0.2) is 41.9 Å². The van der Waals surface area contributed by atoms with E-state index in [-0.39, 0.29) is 35.6 Å². The number of hydrogen-bond acceptors (Lipinski definition) is 6. The van der Waals surface area contributed by atoms with E-state index in [2.05, 4.69) is 13.8 Å². The number of ketones is 1. The molecule has 0 saturated carbocycles. The maximum absolute atomic E-state index is 13.2. The summed E-state index contributed by atoms with van der Waals surface area (Å²) in [5, 5.41) is 9.73. The van der Waals surface area contributed by atoms with E-state index in [0.717, 1.165) is 24.1 Å². The Kier molecular flexibility index (Phi) is 5.53. The van der Waals surface area contributed by atoms with Crippen molar-refractivity contribution >= 4 is 17.5 Å². The number of carbonyl (C=O) groups is 2.